The van der Waals surface area contributed by atoms with Crippen molar-refractivity contribution >= 4 is 22.6 Å². The molecule has 20 heavy (non-hydrogen) atoms. The lowest BCUT2D eigenvalue weighted by Gasteiger charge is -2.06. The summed E-state index contributed by atoms with van der Waals surface area (Å²) in [4.78, 5) is 11.9. The maximum absolute atomic E-state index is 11.9. The van der Waals surface area contributed by atoms with Crippen LogP contribution in [0.25, 0.3) is 16.7 Å². The van der Waals surface area contributed by atoms with Crippen LogP contribution in [-0.4, -0.2) is 19.2 Å². The Bertz CT molecular complexity index is 699. The summed E-state index contributed by atoms with van der Waals surface area (Å²) in [6, 6.07) is 7.51. The number of para-hydroxylation sites is 1. The molecule has 5 heteroatoms. The van der Waals surface area contributed by atoms with Crippen LogP contribution in [0.2, 0.25) is 0 Å². The number of nitrogens with two attached hydrogens (primary N) is 1. The molecular weight excluding hydrogens is 258 g/mol. The second-order valence-corrected chi connectivity index (χ2v) is 4.47. The second-order valence-electron chi connectivity index (χ2n) is 4.47. The lowest BCUT2D eigenvalue weighted by atomic mass is 10.1. The van der Waals surface area contributed by atoms with Crippen molar-refractivity contribution in [3.05, 3.63) is 35.6 Å². The molecule has 1 aliphatic heterocycles. The van der Waals surface area contributed by atoms with Crippen molar-refractivity contribution in [2.75, 3.05) is 13.2 Å². The molecule has 1 aromatic carbocycles. The summed E-state index contributed by atoms with van der Waals surface area (Å²) in [5.74, 6) is 0.589. The Morgan fingerprint density at radius 1 is 1.40 bits per heavy atom. The van der Waals surface area contributed by atoms with Gasteiger partial charge >= 0.3 is 5.97 Å². The van der Waals surface area contributed by atoms with Gasteiger partial charge in [0.2, 0.25) is 0 Å². The SMILES string of the molecule is CCOC(=O)C1=C(N)c2oc3ccccc3c2OCC1. The van der Waals surface area contributed by atoms with Gasteiger partial charge in [-0.1, -0.05) is 12.1 Å². The van der Waals surface area contributed by atoms with Crippen LogP contribution in [0.4, 0.5) is 0 Å². The minimum atomic E-state index is -0.415. The van der Waals surface area contributed by atoms with E-state index in [0.717, 1.165) is 5.39 Å². The van der Waals surface area contributed by atoms with Crippen LogP contribution in [0.1, 0.15) is 19.1 Å². The van der Waals surface area contributed by atoms with Gasteiger partial charge in [-0.15, -0.1) is 0 Å². The number of rotatable bonds is 2. The second kappa shape index (κ2) is 4.92. The molecule has 0 radical (unpaired) electrons. The summed E-state index contributed by atoms with van der Waals surface area (Å²) >= 11 is 0. The van der Waals surface area contributed by atoms with E-state index in [-0.39, 0.29) is 0 Å². The van der Waals surface area contributed by atoms with Crippen molar-refractivity contribution < 1.29 is 18.7 Å². The Morgan fingerprint density at radius 3 is 3.00 bits per heavy atom. The van der Waals surface area contributed by atoms with Gasteiger partial charge in [0.05, 0.1) is 29.9 Å². The highest BCUT2D eigenvalue weighted by atomic mass is 16.5. The molecule has 0 amide bonds. The van der Waals surface area contributed by atoms with Crippen LogP contribution in [-0.2, 0) is 9.53 Å². The smallest absolute Gasteiger partial charge is 0.336 e. The van der Waals surface area contributed by atoms with Gasteiger partial charge in [-0.2, -0.15) is 0 Å². The predicted molar refractivity (Wildman–Crippen MR) is 74.1 cm³/mol. The minimum absolute atomic E-state index is 0.298. The maximum atomic E-state index is 11.9. The fraction of sp³-hybridized carbons (Fsp3) is 0.267. The zero-order valence-corrected chi connectivity index (χ0v) is 11.1. The van der Waals surface area contributed by atoms with Gasteiger partial charge in [-0.25, -0.2) is 4.79 Å². The number of furan rings is 1. The van der Waals surface area contributed by atoms with E-state index in [1.54, 1.807) is 6.92 Å². The van der Waals surface area contributed by atoms with E-state index in [4.69, 9.17) is 19.6 Å². The van der Waals surface area contributed by atoms with Crippen molar-refractivity contribution in [2.24, 2.45) is 5.73 Å². The lowest BCUT2D eigenvalue weighted by Crippen LogP contribution is -2.13. The van der Waals surface area contributed by atoms with Crippen LogP contribution in [0, 0.1) is 0 Å². The molecule has 0 atom stereocenters. The molecule has 5 nitrogen and oxygen atoms in total. The van der Waals surface area contributed by atoms with E-state index in [1.807, 2.05) is 24.3 Å². The minimum Gasteiger partial charge on any atom is -0.488 e. The van der Waals surface area contributed by atoms with Gasteiger partial charge in [0.15, 0.2) is 11.5 Å². The van der Waals surface area contributed by atoms with Gasteiger partial charge < -0.3 is 19.6 Å². The summed E-state index contributed by atoms with van der Waals surface area (Å²) in [7, 11) is 0. The molecule has 0 aliphatic carbocycles. The summed E-state index contributed by atoms with van der Waals surface area (Å²) < 4.78 is 16.5. The third kappa shape index (κ3) is 1.91. The van der Waals surface area contributed by atoms with E-state index in [0.29, 0.717) is 48.0 Å². The number of hydrogen-bond donors (Lipinski definition) is 1. The van der Waals surface area contributed by atoms with Crippen LogP contribution in [0.5, 0.6) is 5.75 Å². The van der Waals surface area contributed by atoms with E-state index in [1.165, 1.54) is 0 Å². The normalized spacial score (nSPS) is 14.7. The topological polar surface area (TPSA) is 74.7 Å². The van der Waals surface area contributed by atoms with E-state index in [9.17, 15) is 4.79 Å². The predicted octanol–water partition coefficient (Wildman–Crippen LogP) is 2.45. The number of carbonyl (C=O) groups excluding carboxylic acids is 1. The molecule has 0 saturated carbocycles. The van der Waals surface area contributed by atoms with Gasteiger partial charge in [0, 0.05) is 6.42 Å². The molecule has 104 valence electrons. The molecule has 0 bridgehead atoms. The first-order valence-corrected chi connectivity index (χ1v) is 6.52. The Labute approximate surface area is 115 Å². The average molecular weight is 273 g/mol. The molecular formula is C15H15NO4. The average Bonchev–Trinajstić information content (AvgIpc) is 2.74. The Balaban J connectivity index is 2.16. The Morgan fingerprint density at radius 2 is 2.20 bits per heavy atom. The van der Waals surface area contributed by atoms with Crippen LogP contribution >= 0.6 is 0 Å². The summed E-state index contributed by atoms with van der Waals surface area (Å²) in [5, 5.41) is 0.857. The highest BCUT2D eigenvalue weighted by Gasteiger charge is 2.26. The zero-order valence-electron chi connectivity index (χ0n) is 11.1. The van der Waals surface area contributed by atoms with Crippen LogP contribution in [0.15, 0.2) is 34.3 Å². The standard InChI is InChI=1S/C15H15NO4/c1-2-18-15(17)10-7-8-19-13-9-5-3-4-6-11(9)20-14(13)12(10)16/h3-6H,2,7-8,16H2,1H3. The van der Waals surface area contributed by atoms with E-state index >= 15 is 0 Å². The number of carbonyl (C=O) groups is 1. The van der Waals surface area contributed by atoms with Crippen molar-refractivity contribution in [2.45, 2.75) is 13.3 Å². The van der Waals surface area contributed by atoms with Crippen molar-refractivity contribution in [1.29, 1.82) is 0 Å². The van der Waals surface area contributed by atoms with Gasteiger partial charge in [-0.05, 0) is 19.1 Å². The van der Waals surface area contributed by atoms with Gasteiger partial charge in [-0.3, -0.25) is 0 Å². The third-order valence-corrected chi connectivity index (χ3v) is 3.24. The highest BCUT2D eigenvalue weighted by molar-refractivity contribution is 5.99. The van der Waals surface area contributed by atoms with E-state index < -0.39 is 5.97 Å². The highest BCUT2D eigenvalue weighted by Crippen LogP contribution is 2.39. The monoisotopic (exact) mass is 273 g/mol. The molecule has 0 fully saturated rings. The molecule has 0 saturated heterocycles. The quantitative estimate of drug-likeness (QED) is 0.851. The number of benzene rings is 1. The van der Waals surface area contributed by atoms with Crippen molar-refractivity contribution in [3.63, 3.8) is 0 Å². The fourth-order valence-electron chi connectivity index (χ4n) is 2.30. The summed E-state index contributed by atoms with van der Waals surface area (Å²) in [6.45, 7) is 2.43. The number of fused-ring (bicyclic) bond motifs is 3. The molecule has 1 aliphatic rings. The first kappa shape index (κ1) is 12.6. The Hall–Kier alpha value is -2.43. The van der Waals surface area contributed by atoms with E-state index in [2.05, 4.69) is 0 Å². The first-order valence-electron chi connectivity index (χ1n) is 6.52. The zero-order chi connectivity index (χ0) is 14.1. The summed E-state index contributed by atoms with van der Waals surface area (Å²) in [6.07, 6.45) is 0.406. The lowest BCUT2D eigenvalue weighted by molar-refractivity contribution is -0.138. The Kier molecular flexibility index (Phi) is 3.10. The number of esters is 1. The van der Waals surface area contributed by atoms with Gasteiger partial charge in [0.1, 0.15) is 5.58 Å². The summed E-state index contributed by atoms with van der Waals surface area (Å²) in [5.41, 5.74) is 7.48. The molecule has 2 heterocycles. The fourth-order valence-corrected chi connectivity index (χ4v) is 2.30. The molecule has 3 rings (SSSR count). The van der Waals surface area contributed by atoms with Gasteiger partial charge in [0.25, 0.3) is 0 Å². The molecule has 1 aromatic heterocycles. The molecule has 0 spiro atoms. The van der Waals surface area contributed by atoms with Crippen molar-refractivity contribution in [1.82, 2.24) is 0 Å². The maximum Gasteiger partial charge on any atom is 0.336 e. The number of hydrogen-bond acceptors (Lipinski definition) is 5. The number of ether oxygens (including phenoxy) is 2. The van der Waals surface area contributed by atoms with Crippen molar-refractivity contribution in [3.8, 4) is 5.75 Å². The first-order chi connectivity index (χ1) is 9.72. The third-order valence-electron chi connectivity index (χ3n) is 3.24. The van der Waals surface area contributed by atoms with Crippen LogP contribution < -0.4 is 10.5 Å². The molecule has 2 aromatic rings. The largest absolute Gasteiger partial charge is 0.488 e. The molecule has 0 unspecified atom stereocenters. The molecule has 2 N–H and O–H groups in total. The van der Waals surface area contributed by atoms with Crippen LogP contribution in [0.3, 0.4) is 0 Å².